The number of hydrogen-bond donors (Lipinski definition) is 2. The van der Waals surface area contributed by atoms with Crippen molar-refractivity contribution in [1.29, 1.82) is 0 Å². The van der Waals surface area contributed by atoms with Crippen molar-refractivity contribution in [3.63, 3.8) is 0 Å². The Hall–Kier alpha value is -3.93. The quantitative estimate of drug-likeness (QED) is 0.466. The van der Waals surface area contributed by atoms with E-state index in [1.165, 1.54) is 0 Å². The van der Waals surface area contributed by atoms with Gasteiger partial charge < -0.3 is 15.2 Å². The Bertz CT molecular complexity index is 1120. The number of anilines is 2. The van der Waals surface area contributed by atoms with Gasteiger partial charge in [-0.3, -0.25) is 4.79 Å². The Balaban J connectivity index is 1.39. The number of rotatable bonds is 7. The summed E-state index contributed by atoms with van der Waals surface area (Å²) in [7, 11) is 0. The minimum absolute atomic E-state index is 0.146. The molecule has 0 atom stereocenters. The summed E-state index contributed by atoms with van der Waals surface area (Å²) in [4.78, 5) is 16.8. The molecule has 2 N–H and O–H groups in total. The largest absolute Gasteiger partial charge is 0.376 e. The molecule has 3 aromatic carbocycles. The lowest BCUT2D eigenvalue weighted by Gasteiger charge is -2.11. The molecular formula is C24H22N4O2. The van der Waals surface area contributed by atoms with Gasteiger partial charge in [0.05, 0.1) is 6.54 Å². The molecule has 6 heteroatoms. The smallest absolute Gasteiger partial charge is 0.255 e. The van der Waals surface area contributed by atoms with Crippen molar-refractivity contribution in [1.82, 2.24) is 10.1 Å². The van der Waals surface area contributed by atoms with Crippen molar-refractivity contribution in [2.24, 2.45) is 0 Å². The molecule has 0 saturated heterocycles. The molecule has 0 fully saturated rings. The second kappa shape index (κ2) is 9.05. The number of benzene rings is 3. The number of carbonyl (C=O) groups excluding carboxylic acids is 1. The summed E-state index contributed by atoms with van der Waals surface area (Å²) in [5.41, 5.74) is 4.41. The summed E-state index contributed by atoms with van der Waals surface area (Å²) in [6.07, 6.45) is 0.629. The summed E-state index contributed by atoms with van der Waals surface area (Å²) >= 11 is 0. The average Bonchev–Trinajstić information content (AvgIpc) is 3.22. The summed E-state index contributed by atoms with van der Waals surface area (Å²) in [6.45, 7) is 2.40. The first kappa shape index (κ1) is 19.4. The van der Waals surface area contributed by atoms with Gasteiger partial charge in [0, 0.05) is 23.4 Å². The highest BCUT2D eigenvalue weighted by atomic mass is 16.5. The zero-order chi connectivity index (χ0) is 20.8. The fourth-order valence-electron chi connectivity index (χ4n) is 3.07. The van der Waals surface area contributed by atoms with Gasteiger partial charge in [-0.2, -0.15) is 4.98 Å². The first-order valence-electron chi connectivity index (χ1n) is 9.74. The van der Waals surface area contributed by atoms with Crippen molar-refractivity contribution in [3.8, 4) is 0 Å². The number of carbonyl (C=O) groups is 1. The fraction of sp³-hybridized carbons (Fsp3) is 0.125. The van der Waals surface area contributed by atoms with E-state index in [4.69, 9.17) is 4.52 Å². The lowest BCUT2D eigenvalue weighted by atomic mass is 10.1. The van der Waals surface area contributed by atoms with Gasteiger partial charge in [0.1, 0.15) is 0 Å². The molecule has 4 rings (SSSR count). The van der Waals surface area contributed by atoms with Gasteiger partial charge in [0.2, 0.25) is 5.89 Å². The third-order valence-corrected chi connectivity index (χ3v) is 4.68. The van der Waals surface area contributed by atoms with Gasteiger partial charge in [-0.05, 0) is 42.3 Å². The lowest BCUT2D eigenvalue weighted by Crippen LogP contribution is -2.12. The third-order valence-electron chi connectivity index (χ3n) is 4.68. The van der Waals surface area contributed by atoms with E-state index >= 15 is 0 Å². The van der Waals surface area contributed by atoms with E-state index in [0.717, 1.165) is 16.8 Å². The Kier molecular flexibility index (Phi) is 5.85. The van der Waals surface area contributed by atoms with Crippen LogP contribution >= 0.6 is 0 Å². The van der Waals surface area contributed by atoms with E-state index in [-0.39, 0.29) is 5.91 Å². The van der Waals surface area contributed by atoms with Crippen LogP contribution in [0.25, 0.3) is 0 Å². The molecule has 1 heterocycles. The van der Waals surface area contributed by atoms with E-state index in [2.05, 4.69) is 20.8 Å². The maximum Gasteiger partial charge on any atom is 0.255 e. The van der Waals surface area contributed by atoms with Crippen LogP contribution in [-0.4, -0.2) is 16.0 Å². The molecule has 4 aromatic rings. The summed E-state index contributed by atoms with van der Waals surface area (Å²) in [5.74, 6) is 1.02. The maximum atomic E-state index is 12.4. The van der Waals surface area contributed by atoms with Gasteiger partial charge in [-0.15, -0.1) is 0 Å². The highest BCUT2D eigenvalue weighted by molar-refractivity contribution is 6.04. The number of hydrogen-bond acceptors (Lipinski definition) is 5. The number of aromatic nitrogens is 2. The van der Waals surface area contributed by atoms with Crippen molar-refractivity contribution in [3.05, 3.63) is 107 Å². The molecular weight excluding hydrogens is 376 g/mol. The Morgan fingerprint density at radius 1 is 0.967 bits per heavy atom. The second-order valence-electron chi connectivity index (χ2n) is 6.97. The predicted octanol–water partition coefficient (Wildman–Crippen LogP) is 4.83. The highest BCUT2D eigenvalue weighted by Crippen LogP contribution is 2.21. The predicted molar refractivity (Wildman–Crippen MR) is 116 cm³/mol. The number of amides is 1. The first-order valence-corrected chi connectivity index (χ1v) is 9.74. The molecule has 1 aromatic heterocycles. The van der Waals surface area contributed by atoms with Crippen LogP contribution in [0, 0.1) is 6.92 Å². The van der Waals surface area contributed by atoms with Crippen molar-refractivity contribution >= 4 is 17.3 Å². The van der Waals surface area contributed by atoms with Gasteiger partial charge in [0.15, 0.2) is 5.82 Å². The molecule has 0 aliphatic heterocycles. The van der Waals surface area contributed by atoms with Crippen LogP contribution in [0.15, 0.2) is 83.4 Å². The van der Waals surface area contributed by atoms with Crippen LogP contribution in [0.5, 0.6) is 0 Å². The summed E-state index contributed by atoms with van der Waals surface area (Å²) in [6, 6.07) is 24.9. The number of nitrogens with zero attached hydrogens (tertiary/aromatic N) is 2. The molecule has 0 aliphatic rings. The molecule has 6 nitrogen and oxygen atoms in total. The topological polar surface area (TPSA) is 80.0 Å². The molecule has 150 valence electrons. The molecule has 0 bridgehead atoms. The molecule has 0 unspecified atom stereocenters. The van der Waals surface area contributed by atoms with Gasteiger partial charge in [-0.1, -0.05) is 59.8 Å². The van der Waals surface area contributed by atoms with Crippen LogP contribution in [0.1, 0.15) is 33.2 Å². The van der Waals surface area contributed by atoms with Gasteiger partial charge >= 0.3 is 0 Å². The van der Waals surface area contributed by atoms with Crippen molar-refractivity contribution < 1.29 is 9.32 Å². The highest BCUT2D eigenvalue weighted by Gasteiger charge is 2.10. The molecule has 0 spiro atoms. The Labute approximate surface area is 175 Å². The zero-order valence-electron chi connectivity index (χ0n) is 16.6. The van der Waals surface area contributed by atoms with E-state index in [1.54, 1.807) is 12.1 Å². The van der Waals surface area contributed by atoms with Crippen LogP contribution in [0.4, 0.5) is 11.4 Å². The van der Waals surface area contributed by atoms with E-state index in [0.29, 0.717) is 35.9 Å². The Morgan fingerprint density at radius 2 is 1.70 bits per heavy atom. The van der Waals surface area contributed by atoms with E-state index in [1.807, 2.05) is 73.7 Å². The SMILES string of the molecule is Cc1ccc(NC(=O)c2ccccc2)cc1NCc1nc(Cc2ccccc2)no1. The van der Waals surface area contributed by atoms with E-state index in [9.17, 15) is 4.79 Å². The number of nitrogens with one attached hydrogen (secondary N) is 2. The second-order valence-corrected chi connectivity index (χ2v) is 6.97. The van der Waals surface area contributed by atoms with Crippen LogP contribution in [0.2, 0.25) is 0 Å². The summed E-state index contributed by atoms with van der Waals surface area (Å²) < 4.78 is 5.36. The van der Waals surface area contributed by atoms with Crippen LogP contribution in [-0.2, 0) is 13.0 Å². The van der Waals surface area contributed by atoms with Gasteiger partial charge in [0.25, 0.3) is 5.91 Å². The average molecular weight is 398 g/mol. The standard InChI is InChI=1S/C24H22N4O2/c1-17-12-13-20(26-24(29)19-10-6-3-7-11-19)15-21(17)25-16-23-27-22(28-30-23)14-18-8-4-2-5-9-18/h2-13,15,25H,14,16H2,1H3,(H,26,29). The third kappa shape index (κ3) is 4.91. The molecule has 0 radical (unpaired) electrons. The van der Waals surface area contributed by atoms with E-state index < -0.39 is 0 Å². The molecule has 1 amide bonds. The monoisotopic (exact) mass is 398 g/mol. The number of aryl methyl sites for hydroxylation is 1. The first-order chi connectivity index (χ1) is 14.7. The summed E-state index contributed by atoms with van der Waals surface area (Å²) in [5, 5.41) is 10.3. The van der Waals surface area contributed by atoms with Crippen LogP contribution < -0.4 is 10.6 Å². The van der Waals surface area contributed by atoms with Gasteiger partial charge in [-0.25, -0.2) is 0 Å². The lowest BCUT2D eigenvalue weighted by molar-refractivity contribution is 0.102. The zero-order valence-corrected chi connectivity index (χ0v) is 16.6. The maximum absolute atomic E-state index is 12.4. The fourth-order valence-corrected chi connectivity index (χ4v) is 3.07. The molecule has 30 heavy (non-hydrogen) atoms. The molecule has 0 aliphatic carbocycles. The van der Waals surface area contributed by atoms with Crippen LogP contribution in [0.3, 0.4) is 0 Å². The molecule has 0 saturated carbocycles. The minimum Gasteiger partial charge on any atom is -0.376 e. The minimum atomic E-state index is -0.146. The normalized spacial score (nSPS) is 10.6. The van der Waals surface area contributed by atoms with Crippen molar-refractivity contribution in [2.75, 3.05) is 10.6 Å². The Morgan fingerprint density at radius 3 is 2.47 bits per heavy atom. The van der Waals surface area contributed by atoms with Crippen molar-refractivity contribution in [2.45, 2.75) is 19.9 Å².